The van der Waals surface area contributed by atoms with Crippen molar-refractivity contribution in [1.82, 2.24) is 0 Å². The second kappa shape index (κ2) is 6.34. The minimum Gasteiger partial charge on any atom is -0.508 e. The molecule has 0 heterocycles. The molecule has 0 bridgehead atoms. The number of ether oxygens (including phenoxy) is 2. The van der Waals surface area contributed by atoms with E-state index < -0.39 is 0 Å². The van der Waals surface area contributed by atoms with Crippen molar-refractivity contribution >= 4 is 11.6 Å². The standard InChI is InChI=1S/C15H15ClO3/c1-18-14-7-3-5-12(9-16)15(14)19-10-11-4-2-6-13(17)8-11/h2-8,17H,9-10H2,1H3. The summed E-state index contributed by atoms with van der Waals surface area (Å²) in [5.74, 6) is 1.87. The van der Waals surface area contributed by atoms with E-state index in [0.29, 0.717) is 24.0 Å². The van der Waals surface area contributed by atoms with Crippen molar-refractivity contribution in [3.8, 4) is 17.2 Å². The van der Waals surface area contributed by atoms with Crippen molar-refractivity contribution in [2.24, 2.45) is 0 Å². The predicted molar refractivity (Wildman–Crippen MR) is 75.0 cm³/mol. The summed E-state index contributed by atoms with van der Waals surface area (Å²) in [6, 6.07) is 12.5. The molecule has 0 aromatic heterocycles. The molecule has 2 rings (SSSR count). The third kappa shape index (κ3) is 3.32. The molecule has 0 saturated carbocycles. The van der Waals surface area contributed by atoms with Crippen LogP contribution in [0.2, 0.25) is 0 Å². The summed E-state index contributed by atoms with van der Waals surface area (Å²) in [6.45, 7) is 0.346. The Morgan fingerprint density at radius 2 is 1.95 bits per heavy atom. The normalized spacial score (nSPS) is 10.2. The summed E-state index contributed by atoms with van der Waals surface area (Å²) < 4.78 is 11.0. The van der Waals surface area contributed by atoms with Crippen LogP contribution in [-0.2, 0) is 12.5 Å². The number of hydrogen-bond donors (Lipinski definition) is 1. The Kier molecular flexibility index (Phi) is 4.53. The molecule has 0 fully saturated rings. The molecule has 100 valence electrons. The van der Waals surface area contributed by atoms with Crippen LogP contribution in [0.5, 0.6) is 17.2 Å². The first-order chi connectivity index (χ1) is 9.24. The molecule has 0 aliphatic rings. The van der Waals surface area contributed by atoms with Gasteiger partial charge >= 0.3 is 0 Å². The molecular weight excluding hydrogens is 264 g/mol. The minimum atomic E-state index is 0.221. The van der Waals surface area contributed by atoms with Gasteiger partial charge in [0.15, 0.2) is 11.5 Å². The number of halogens is 1. The summed E-state index contributed by atoms with van der Waals surface area (Å²) in [6.07, 6.45) is 0. The van der Waals surface area contributed by atoms with Crippen LogP contribution in [0.25, 0.3) is 0 Å². The average Bonchev–Trinajstić information content (AvgIpc) is 2.44. The van der Waals surface area contributed by atoms with Crippen LogP contribution in [0.4, 0.5) is 0 Å². The topological polar surface area (TPSA) is 38.7 Å². The Bertz CT molecular complexity index is 533. The van der Waals surface area contributed by atoms with Gasteiger partial charge in [0.05, 0.1) is 13.0 Å². The lowest BCUT2D eigenvalue weighted by molar-refractivity contribution is 0.281. The summed E-state index contributed by atoms with van der Waals surface area (Å²) >= 11 is 5.89. The molecule has 0 amide bonds. The van der Waals surface area contributed by atoms with Crippen LogP contribution in [0.1, 0.15) is 11.1 Å². The fraction of sp³-hybridized carbons (Fsp3) is 0.200. The number of rotatable bonds is 5. The monoisotopic (exact) mass is 278 g/mol. The van der Waals surface area contributed by atoms with Crippen molar-refractivity contribution in [3.05, 3.63) is 53.6 Å². The number of benzene rings is 2. The average molecular weight is 279 g/mol. The molecule has 1 N–H and O–H groups in total. The van der Waals surface area contributed by atoms with E-state index >= 15 is 0 Å². The Labute approximate surface area is 117 Å². The molecule has 3 nitrogen and oxygen atoms in total. The summed E-state index contributed by atoms with van der Waals surface area (Å²) in [5, 5.41) is 9.41. The van der Waals surface area contributed by atoms with E-state index in [1.54, 1.807) is 25.3 Å². The number of para-hydroxylation sites is 1. The fourth-order valence-corrected chi connectivity index (χ4v) is 2.00. The van der Waals surface area contributed by atoms with E-state index in [-0.39, 0.29) is 5.75 Å². The van der Waals surface area contributed by atoms with E-state index in [4.69, 9.17) is 21.1 Å². The lowest BCUT2D eigenvalue weighted by Gasteiger charge is -2.14. The van der Waals surface area contributed by atoms with Crippen molar-refractivity contribution in [1.29, 1.82) is 0 Å². The van der Waals surface area contributed by atoms with E-state index in [2.05, 4.69) is 0 Å². The molecule has 0 unspecified atom stereocenters. The minimum absolute atomic E-state index is 0.221. The summed E-state index contributed by atoms with van der Waals surface area (Å²) in [7, 11) is 1.59. The number of alkyl halides is 1. The largest absolute Gasteiger partial charge is 0.508 e. The third-order valence-electron chi connectivity index (χ3n) is 2.72. The molecule has 0 aliphatic carbocycles. The number of aromatic hydroxyl groups is 1. The Morgan fingerprint density at radius 3 is 2.63 bits per heavy atom. The maximum atomic E-state index is 9.41. The highest BCUT2D eigenvalue weighted by Crippen LogP contribution is 2.32. The molecule has 19 heavy (non-hydrogen) atoms. The van der Waals surface area contributed by atoms with E-state index in [9.17, 15) is 5.11 Å². The van der Waals surface area contributed by atoms with Crippen molar-refractivity contribution in [2.75, 3.05) is 7.11 Å². The van der Waals surface area contributed by atoms with Crippen molar-refractivity contribution in [2.45, 2.75) is 12.5 Å². The SMILES string of the molecule is COc1cccc(CCl)c1OCc1cccc(O)c1. The quantitative estimate of drug-likeness (QED) is 0.847. The zero-order chi connectivity index (χ0) is 13.7. The number of methoxy groups -OCH3 is 1. The highest BCUT2D eigenvalue weighted by atomic mass is 35.5. The molecular formula is C15H15ClO3. The lowest BCUT2D eigenvalue weighted by atomic mass is 10.2. The lowest BCUT2D eigenvalue weighted by Crippen LogP contribution is -2.00. The first kappa shape index (κ1) is 13.6. The van der Waals surface area contributed by atoms with Gasteiger partial charge in [-0.3, -0.25) is 0 Å². The Hall–Kier alpha value is -1.87. The van der Waals surface area contributed by atoms with Gasteiger partial charge in [-0.1, -0.05) is 24.3 Å². The van der Waals surface area contributed by atoms with Crippen LogP contribution in [0.15, 0.2) is 42.5 Å². The molecule has 2 aromatic carbocycles. The second-order valence-electron chi connectivity index (χ2n) is 4.04. The molecule has 0 spiro atoms. The third-order valence-corrected chi connectivity index (χ3v) is 3.01. The van der Waals surface area contributed by atoms with E-state index in [1.807, 2.05) is 24.3 Å². The highest BCUT2D eigenvalue weighted by molar-refractivity contribution is 6.17. The maximum Gasteiger partial charge on any atom is 0.166 e. The molecule has 0 radical (unpaired) electrons. The van der Waals surface area contributed by atoms with Crippen LogP contribution >= 0.6 is 11.6 Å². The first-order valence-electron chi connectivity index (χ1n) is 5.87. The molecule has 0 atom stereocenters. The molecule has 2 aromatic rings. The number of phenols is 1. The van der Waals surface area contributed by atoms with Gasteiger partial charge in [0, 0.05) is 5.56 Å². The van der Waals surface area contributed by atoms with Crippen molar-refractivity contribution < 1.29 is 14.6 Å². The summed E-state index contributed by atoms with van der Waals surface area (Å²) in [5.41, 5.74) is 1.76. The Balaban J connectivity index is 2.19. The predicted octanol–water partition coefficient (Wildman–Crippen LogP) is 3.72. The summed E-state index contributed by atoms with van der Waals surface area (Å²) in [4.78, 5) is 0. The highest BCUT2D eigenvalue weighted by Gasteiger charge is 2.10. The Morgan fingerprint density at radius 1 is 1.16 bits per heavy atom. The number of hydrogen-bond acceptors (Lipinski definition) is 3. The molecule has 0 saturated heterocycles. The first-order valence-corrected chi connectivity index (χ1v) is 6.40. The fourth-order valence-electron chi connectivity index (χ4n) is 1.79. The van der Waals surface area contributed by atoms with Crippen LogP contribution in [0, 0.1) is 0 Å². The number of phenolic OH excluding ortho intramolecular Hbond substituents is 1. The van der Waals surface area contributed by atoms with Gasteiger partial charge in [-0.15, -0.1) is 11.6 Å². The second-order valence-corrected chi connectivity index (χ2v) is 4.31. The van der Waals surface area contributed by atoms with Gasteiger partial charge in [0.2, 0.25) is 0 Å². The van der Waals surface area contributed by atoms with Crippen LogP contribution in [0.3, 0.4) is 0 Å². The zero-order valence-electron chi connectivity index (χ0n) is 10.6. The molecule has 4 heteroatoms. The van der Waals surface area contributed by atoms with Crippen LogP contribution < -0.4 is 9.47 Å². The maximum absolute atomic E-state index is 9.41. The van der Waals surface area contributed by atoms with Gasteiger partial charge < -0.3 is 14.6 Å². The van der Waals surface area contributed by atoms with Gasteiger partial charge in [0.25, 0.3) is 0 Å². The van der Waals surface area contributed by atoms with Gasteiger partial charge in [-0.25, -0.2) is 0 Å². The zero-order valence-corrected chi connectivity index (χ0v) is 11.4. The van der Waals surface area contributed by atoms with Gasteiger partial charge in [0.1, 0.15) is 12.4 Å². The van der Waals surface area contributed by atoms with E-state index in [1.165, 1.54) is 0 Å². The molecule has 0 aliphatic heterocycles. The van der Waals surface area contributed by atoms with Crippen LogP contribution in [-0.4, -0.2) is 12.2 Å². The van der Waals surface area contributed by atoms with Crippen molar-refractivity contribution in [3.63, 3.8) is 0 Å². The van der Waals surface area contributed by atoms with Gasteiger partial charge in [-0.05, 0) is 23.8 Å². The smallest absolute Gasteiger partial charge is 0.166 e. The van der Waals surface area contributed by atoms with Gasteiger partial charge in [-0.2, -0.15) is 0 Å². The van der Waals surface area contributed by atoms with E-state index in [0.717, 1.165) is 11.1 Å².